The number of piperazine rings is 2. The number of nitrogens with one attached hydrogen (secondary N) is 1. The molecule has 1 unspecified atom stereocenters. The van der Waals surface area contributed by atoms with Gasteiger partial charge in [-0.3, -0.25) is 19.4 Å². The molecule has 1 aliphatic carbocycles. The van der Waals surface area contributed by atoms with Crippen molar-refractivity contribution in [2.75, 3.05) is 76.7 Å². The predicted molar refractivity (Wildman–Crippen MR) is 252 cm³/mol. The van der Waals surface area contributed by atoms with Crippen LogP contribution < -0.4 is 14.4 Å². The minimum atomic E-state index is -4.00. The van der Waals surface area contributed by atoms with E-state index in [0.717, 1.165) is 101 Å². The first kappa shape index (κ1) is 46.0. The summed E-state index contributed by atoms with van der Waals surface area (Å²) in [5, 5.41) is -0.110. The first-order chi connectivity index (χ1) is 30.4. The molecule has 4 heterocycles. The number of hydrogen-bond acceptors (Lipinski definition) is 10. The summed E-state index contributed by atoms with van der Waals surface area (Å²) >= 11 is 8.18. The summed E-state index contributed by atoms with van der Waals surface area (Å²) in [7, 11) is -2.17. The number of benzene rings is 3. The standard InChI is InChI=1S/C49H64ClN5O6S2/c1-35-10-9-21-49(60-3,34-52-23-24-53-25-26-55(32-42(53)31-52)47(56)20-27-62-43-12-5-4-6-13-43)44-18-15-39(44)30-54-22-8-7-11-37-28-41(50)17-14-40(37)33-61-46-19-16-38(29-45(46)54)48(57)51-63(58,59)36(35)2/h4-6,9,12-14,16-17,19,21,28-29,35-36,39,42,44H,7-8,10-11,15,18,20,22-27,30-34H2,1-3H3,(H,51,57)/b21-9+/t35-,36+,39-,42+,44?,49+/m0/s1. The van der Waals surface area contributed by atoms with Gasteiger partial charge in [0.25, 0.3) is 5.91 Å². The van der Waals surface area contributed by atoms with Gasteiger partial charge in [0.15, 0.2) is 0 Å². The van der Waals surface area contributed by atoms with Crippen molar-refractivity contribution in [1.82, 2.24) is 19.4 Å². The van der Waals surface area contributed by atoms with Crippen LogP contribution in [-0.4, -0.2) is 124 Å². The van der Waals surface area contributed by atoms with E-state index in [9.17, 15) is 18.0 Å². The molecule has 8 rings (SSSR count). The summed E-state index contributed by atoms with van der Waals surface area (Å²) in [5.41, 5.74) is 2.71. The fourth-order valence-electron chi connectivity index (χ4n) is 10.3. The topological polar surface area (TPSA) is 112 Å². The lowest BCUT2D eigenvalue weighted by Crippen LogP contribution is -2.65. The van der Waals surface area contributed by atoms with E-state index in [1.807, 2.05) is 62.6 Å². The van der Waals surface area contributed by atoms with Gasteiger partial charge in [-0.1, -0.05) is 54.9 Å². The SMILES string of the molecule is CO[C@@]1(CN2CCN3CCN(C(=O)CCSc4ccccc4)C[C@H]3C2)/C=C/C[C@H](C)[C@@H](C)S(=O)(=O)NC(=O)c2ccc3c(c2)N(CCCCc2cc(Cl)ccc2CO3)C[C@@H]2CCC21. The molecule has 5 aliphatic rings. The molecule has 3 fully saturated rings. The quantitative estimate of drug-likeness (QED) is 0.189. The fraction of sp³-hybridized carbons (Fsp3) is 0.551. The zero-order chi connectivity index (χ0) is 44.1. The Balaban J connectivity index is 1.05. The Morgan fingerprint density at radius 3 is 2.57 bits per heavy atom. The number of aryl methyl sites for hydroxylation is 1. The lowest BCUT2D eigenvalue weighted by atomic mass is 9.63. The van der Waals surface area contributed by atoms with E-state index in [1.165, 1.54) is 10.5 Å². The summed E-state index contributed by atoms with van der Waals surface area (Å²) in [4.78, 5) is 38.0. The van der Waals surface area contributed by atoms with Crippen molar-refractivity contribution in [3.05, 3.63) is 101 Å². The van der Waals surface area contributed by atoms with Gasteiger partial charge < -0.3 is 19.3 Å². The van der Waals surface area contributed by atoms with Crippen molar-refractivity contribution in [3.63, 3.8) is 0 Å². The fourth-order valence-corrected chi connectivity index (χ4v) is 12.6. The number of hydrogen-bond donors (Lipinski definition) is 1. The molecule has 0 radical (unpaired) electrons. The third-order valence-electron chi connectivity index (χ3n) is 14.5. The minimum Gasteiger partial charge on any atom is -0.487 e. The number of carbonyl (C=O) groups is 2. The molecule has 0 aromatic heterocycles. The number of ether oxygens (including phenoxy) is 2. The van der Waals surface area contributed by atoms with Gasteiger partial charge in [-0.05, 0) is 117 Å². The first-order valence-corrected chi connectivity index (χ1v) is 25.8. The molecule has 4 aliphatic heterocycles. The van der Waals surface area contributed by atoms with E-state index in [1.54, 1.807) is 24.8 Å². The van der Waals surface area contributed by atoms with Crippen molar-refractivity contribution in [3.8, 4) is 5.75 Å². The molecule has 1 saturated carbocycles. The first-order valence-electron chi connectivity index (χ1n) is 22.9. The largest absolute Gasteiger partial charge is 0.487 e. The number of thioether (sulfide) groups is 1. The maximum absolute atomic E-state index is 13.8. The second-order valence-electron chi connectivity index (χ2n) is 18.4. The molecule has 6 atom stereocenters. The molecule has 340 valence electrons. The molecule has 0 spiro atoms. The molecule has 2 saturated heterocycles. The van der Waals surface area contributed by atoms with Gasteiger partial charge in [-0.15, -0.1) is 11.8 Å². The van der Waals surface area contributed by atoms with Gasteiger partial charge >= 0.3 is 0 Å². The van der Waals surface area contributed by atoms with Crippen molar-refractivity contribution < 1.29 is 27.5 Å². The molecule has 63 heavy (non-hydrogen) atoms. The van der Waals surface area contributed by atoms with Crippen LogP contribution in [0.1, 0.15) is 73.9 Å². The highest BCUT2D eigenvalue weighted by molar-refractivity contribution is 7.99. The molecule has 3 aromatic rings. The highest BCUT2D eigenvalue weighted by atomic mass is 35.5. The molecule has 3 aromatic carbocycles. The van der Waals surface area contributed by atoms with Crippen LogP contribution in [0.2, 0.25) is 5.02 Å². The number of rotatable bonds is 7. The van der Waals surface area contributed by atoms with E-state index >= 15 is 0 Å². The van der Waals surface area contributed by atoms with E-state index in [4.69, 9.17) is 21.1 Å². The number of fused-ring (bicyclic) bond motifs is 4. The number of carbonyl (C=O) groups excluding carboxylic acids is 2. The Labute approximate surface area is 383 Å². The normalized spacial score (nSPS) is 28.8. The number of halogens is 1. The molecule has 1 N–H and O–H groups in total. The van der Waals surface area contributed by atoms with Gasteiger partial charge in [0.05, 0.1) is 10.9 Å². The van der Waals surface area contributed by atoms with Crippen LogP contribution in [0.3, 0.4) is 0 Å². The number of allylic oxidation sites excluding steroid dienone is 1. The Morgan fingerprint density at radius 2 is 1.78 bits per heavy atom. The third kappa shape index (κ3) is 10.8. The number of amides is 2. The zero-order valence-electron chi connectivity index (χ0n) is 37.1. The Kier molecular flexibility index (Phi) is 14.8. The van der Waals surface area contributed by atoms with Crippen LogP contribution in [0.25, 0.3) is 0 Å². The Bertz CT molecular complexity index is 2230. The number of nitrogens with zero attached hydrogens (tertiary/aromatic N) is 4. The van der Waals surface area contributed by atoms with Crippen LogP contribution in [0.4, 0.5) is 5.69 Å². The van der Waals surface area contributed by atoms with Gasteiger partial charge in [0.1, 0.15) is 18.0 Å². The second-order valence-corrected chi connectivity index (χ2v) is 22.0. The van der Waals surface area contributed by atoms with E-state index in [0.29, 0.717) is 42.7 Å². The second kappa shape index (κ2) is 20.3. The van der Waals surface area contributed by atoms with Gasteiger partial charge in [-0.2, -0.15) is 0 Å². The van der Waals surface area contributed by atoms with Crippen LogP contribution >= 0.6 is 23.4 Å². The van der Waals surface area contributed by atoms with E-state index in [2.05, 4.69) is 48.6 Å². The van der Waals surface area contributed by atoms with E-state index in [-0.39, 0.29) is 29.3 Å². The lowest BCUT2D eigenvalue weighted by Gasteiger charge is -2.53. The third-order valence-corrected chi connectivity index (χ3v) is 17.6. The minimum absolute atomic E-state index is 0.202. The molecule has 11 nitrogen and oxygen atoms in total. The van der Waals surface area contributed by atoms with Gasteiger partial charge in [0, 0.05) is 99.7 Å². The zero-order valence-corrected chi connectivity index (χ0v) is 39.4. The van der Waals surface area contributed by atoms with Crippen molar-refractivity contribution in [2.45, 2.75) is 87.2 Å². The number of anilines is 1. The summed E-state index contributed by atoms with van der Waals surface area (Å²) < 4.78 is 43.3. The monoisotopic (exact) mass is 917 g/mol. The van der Waals surface area contributed by atoms with Crippen molar-refractivity contribution in [1.29, 1.82) is 0 Å². The lowest BCUT2D eigenvalue weighted by molar-refractivity contribution is -0.136. The maximum Gasteiger partial charge on any atom is 0.264 e. The molecule has 2 amide bonds. The molecular formula is C49H64ClN5O6S2. The van der Waals surface area contributed by atoms with Crippen LogP contribution in [0.5, 0.6) is 5.75 Å². The summed E-state index contributed by atoms with van der Waals surface area (Å²) in [6.07, 6.45) is 10.2. The van der Waals surface area contributed by atoms with Crippen molar-refractivity contribution >= 4 is 50.9 Å². The smallest absolute Gasteiger partial charge is 0.264 e. The Hall–Kier alpha value is -3.59. The average Bonchev–Trinajstić information content (AvgIpc) is 3.30. The highest BCUT2D eigenvalue weighted by Gasteiger charge is 2.49. The van der Waals surface area contributed by atoms with Crippen LogP contribution in [-0.2, 0) is 32.6 Å². The van der Waals surface area contributed by atoms with Gasteiger partial charge in [-0.25, -0.2) is 13.1 Å². The predicted octanol–water partition coefficient (Wildman–Crippen LogP) is 7.53. The van der Waals surface area contributed by atoms with Gasteiger partial charge in [0.2, 0.25) is 15.9 Å². The van der Waals surface area contributed by atoms with Crippen LogP contribution in [0, 0.1) is 17.8 Å². The van der Waals surface area contributed by atoms with Crippen molar-refractivity contribution in [2.24, 2.45) is 17.8 Å². The van der Waals surface area contributed by atoms with E-state index < -0.39 is 26.8 Å². The maximum atomic E-state index is 13.8. The Morgan fingerprint density at radius 1 is 0.952 bits per heavy atom. The average molecular weight is 919 g/mol. The molecule has 2 bridgehead atoms. The number of sulfonamides is 1. The summed E-state index contributed by atoms with van der Waals surface area (Å²) in [5.74, 6) is 1.25. The highest BCUT2D eigenvalue weighted by Crippen LogP contribution is 2.47. The molecular weight excluding hydrogens is 854 g/mol. The summed E-state index contributed by atoms with van der Waals surface area (Å²) in [6.45, 7) is 11.2. The van der Waals surface area contributed by atoms with Crippen LogP contribution in [0.15, 0.2) is 83.8 Å². The summed E-state index contributed by atoms with van der Waals surface area (Å²) in [6, 6.07) is 21.8. The number of methoxy groups -OCH3 is 1. The molecule has 14 heteroatoms.